The van der Waals surface area contributed by atoms with Gasteiger partial charge in [0.25, 0.3) is 5.91 Å². The summed E-state index contributed by atoms with van der Waals surface area (Å²) in [5, 5.41) is 3.14. The molecule has 0 aromatic heterocycles. The maximum atomic E-state index is 13.2. The molecule has 1 aliphatic heterocycles. The van der Waals surface area contributed by atoms with Crippen LogP contribution in [0.15, 0.2) is 41.3 Å². The molecule has 7 heteroatoms. The first-order chi connectivity index (χ1) is 11.5. The van der Waals surface area contributed by atoms with Gasteiger partial charge in [-0.2, -0.15) is 0 Å². The van der Waals surface area contributed by atoms with Gasteiger partial charge in [0.05, 0.1) is 11.6 Å². The van der Waals surface area contributed by atoms with Crippen LogP contribution < -0.4 is 5.32 Å². The molecular formula is C17H14ClFINO2S. The third-order valence-corrected chi connectivity index (χ3v) is 6.45. The Morgan fingerprint density at radius 2 is 2.17 bits per heavy atom. The van der Waals surface area contributed by atoms with E-state index in [-0.39, 0.29) is 10.9 Å². The van der Waals surface area contributed by atoms with Crippen molar-refractivity contribution in [3.05, 3.63) is 56.4 Å². The molecule has 0 spiro atoms. The molecule has 1 aliphatic rings. The smallest absolute Gasteiger partial charge is 0.255 e. The number of amides is 1. The van der Waals surface area contributed by atoms with Gasteiger partial charge >= 0.3 is 0 Å². The van der Waals surface area contributed by atoms with Gasteiger partial charge in [0.15, 0.2) is 0 Å². The van der Waals surface area contributed by atoms with Crippen LogP contribution in [0, 0.1) is 9.39 Å². The molecule has 1 N–H and O–H groups in total. The molecule has 126 valence electrons. The Balaban J connectivity index is 1.75. The van der Waals surface area contributed by atoms with Gasteiger partial charge in [-0.3, -0.25) is 4.79 Å². The minimum atomic E-state index is -0.513. The van der Waals surface area contributed by atoms with E-state index in [9.17, 15) is 9.18 Å². The van der Waals surface area contributed by atoms with E-state index in [1.807, 2.05) is 12.1 Å². The Hall–Kier alpha value is -0.830. The monoisotopic (exact) mass is 477 g/mol. The number of carbonyl (C=O) groups is 1. The molecule has 1 unspecified atom stereocenters. The van der Waals surface area contributed by atoms with E-state index in [0.29, 0.717) is 16.5 Å². The molecule has 2 aromatic rings. The van der Waals surface area contributed by atoms with Gasteiger partial charge in [-0.15, -0.1) is 11.8 Å². The van der Waals surface area contributed by atoms with E-state index in [4.69, 9.17) is 16.3 Å². The van der Waals surface area contributed by atoms with Crippen molar-refractivity contribution in [2.75, 3.05) is 18.5 Å². The summed E-state index contributed by atoms with van der Waals surface area (Å²) in [5.41, 5.74) is 1.01. The molecule has 0 saturated carbocycles. The van der Waals surface area contributed by atoms with Gasteiger partial charge in [0, 0.05) is 31.6 Å². The van der Waals surface area contributed by atoms with Crippen molar-refractivity contribution in [2.24, 2.45) is 0 Å². The van der Waals surface area contributed by atoms with Gasteiger partial charge < -0.3 is 10.1 Å². The third kappa shape index (κ3) is 4.41. The highest BCUT2D eigenvalue weighted by atomic mass is 127. The van der Waals surface area contributed by atoms with Gasteiger partial charge in [-0.25, -0.2) is 4.39 Å². The average molecular weight is 478 g/mol. The Labute approximate surface area is 162 Å². The van der Waals surface area contributed by atoms with E-state index >= 15 is 0 Å². The zero-order valence-corrected chi connectivity index (χ0v) is 16.3. The van der Waals surface area contributed by atoms with Crippen molar-refractivity contribution in [1.82, 2.24) is 0 Å². The fourth-order valence-corrected chi connectivity index (χ4v) is 4.31. The molecule has 1 atom stereocenters. The summed E-state index contributed by atoms with van der Waals surface area (Å²) in [5.74, 6) is -0.764. The summed E-state index contributed by atoms with van der Waals surface area (Å²) in [4.78, 5) is 13.5. The van der Waals surface area contributed by atoms with Crippen LogP contribution in [-0.4, -0.2) is 24.4 Å². The summed E-state index contributed by atoms with van der Waals surface area (Å²) in [6, 6.07) is 9.69. The second-order valence-corrected chi connectivity index (χ2v) is 8.24. The predicted molar refractivity (Wildman–Crippen MR) is 104 cm³/mol. The number of carbonyl (C=O) groups excluding carboxylic acids is 1. The molecule has 1 saturated heterocycles. The predicted octanol–water partition coefficient (Wildman–Crippen LogP) is 5.22. The lowest BCUT2D eigenvalue weighted by Gasteiger charge is -2.11. The van der Waals surface area contributed by atoms with Crippen LogP contribution in [0.5, 0.6) is 0 Å². The number of halogens is 3. The number of thioether (sulfide) groups is 1. The number of rotatable bonds is 4. The van der Waals surface area contributed by atoms with Crippen LogP contribution >= 0.6 is 46.0 Å². The average Bonchev–Trinajstić information content (AvgIpc) is 3.06. The van der Waals surface area contributed by atoms with E-state index in [2.05, 4.69) is 27.9 Å². The van der Waals surface area contributed by atoms with Crippen LogP contribution in [0.3, 0.4) is 0 Å². The SMILES string of the molecule is O=C(Nc1ccc(F)c(Cl)c1)c1ccc(I)c(SC2CCOC2)c1. The normalized spacial score (nSPS) is 17.0. The Kier molecular flexibility index (Phi) is 6.02. The van der Waals surface area contributed by atoms with E-state index in [1.54, 1.807) is 17.8 Å². The molecule has 0 radical (unpaired) electrons. The molecule has 0 aliphatic carbocycles. The molecule has 1 heterocycles. The van der Waals surface area contributed by atoms with Crippen molar-refractivity contribution in [3.8, 4) is 0 Å². The number of hydrogen-bond acceptors (Lipinski definition) is 3. The van der Waals surface area contributed by atoms with Gasteiger partial charge in [0.1, 0.15) is 5.82 Å². The van der Waals surface area contributed by atoms with Crippen molar-refractivity contribution < 1.29 is 13.9 Å². The third-order valence-electron chi connectivity index (χ3n) is 3.55. The molecule has 1 fully saturated rings. The van der Waals surface area contributed by atoms with E-state index in [1.165, 1.54) is 18.2 Å². The lowest BCUT2D eigenvalue weighted by atomic mass is 10.2. The van der Waals surface area contributed by atoms with E-state index < -0.39 is 5.82 Å². The van der Waals surface area contributed by atoms with Crippen molar-refractivity contribution in [2.45, 2.75) is 16.6 Å². The lowest BCUT2D eigenvalue weighted by molar-refractivity contribution is 0.102. The number of ether oxygens (including phenoxy) is 1. The van der Waals surface area contributed by atoms with E-state index in [0.717, 1.165) is 28.1 Å². The molecule has 1 amide bonds. The molecule has 3 nitrogen and oxygen atoms in total. The topological polar surface area (TPSA) is 38.3 Å². The number of hydrogen-bond donors (Lipinski definition) is 1. The first-order valence-corrected chi connectivity index (χ1v) is 9.67. The molecule has 2 aromatic carbocycles. The van der Waals surface area contributed by atoms with Crippen LogP contribution in [0.2, 0.25) is 5.02 Å². The summed E-state index contributed by atoms with van der Waals surface area (Å²) < 4.78 is 19.7. The fourth-order valence-electron chi connectivity index (χ4n) is 2.30. The highest BCUT2D eigenvalue weighted by Gasteiger charge is 2.19. The minimum Gasteiger partial charge on any atom is -0.380 e. The van der Waals surface area contributed by atoms with Gasteiger partial charge in [0.2, 0.25) is 0 Å². The van der Waals surface area contributed by atoms with Crippen LogP contribution in [-0.2, 0) is 4.74 Å². The van der Waals surface area contributed by atoms with Gasteiger partial charge in [-0.1, -0.05) is 11.6 Å². The molecule has 3 rings (SSSR count). The standard InChI is InChI=1S/C17H14ClFINO2S/c18-13-8-11(2-3-14(13)19)21-17(22)10-1-4-15(20)16(7-10)24-12-5-6-23-9-12/h1-4,7-8,12H,5-6,9H2,(H,21,22). The highest BCUT2D eigenvalue weighted by molar-refractivity contribution is 14.1. The Morgan fingerprint density at radius 1 is 1.33 bits per heavy atom. The van der Waals surface area contributed by atoms with Crippen LogP contribution in [0.4, 0.5) is 10.1 Å². The first-order valence-electron chi connectivity index (χ1n) is 7.33. The number of benzene rings is 2. The summed E-state index contributed by atoms with van der Waals surface area (Å²) in [6.07, 6.45) is 1.02. The Morgan fingerprint density at radius 3 is 2.88 bits per heavy atom. The number of anilines is 1. The van der Waals surface area contributed by atoms with Crippen molar-refractivity contribution in [1.29, 1.82) is 0 Å². The Bertz CT molecular complexity index is 768. The lowest BCUT2D eigenvalue weighted by Crippen LogP contribution is -2.12. The van der Waals surface area contributed by atoms with Crippen molar-refractivity contribution in [3.63, 3.8) is 0 Å². The first kappa shape index (κ1) is 18.0. The maximum Gasteiger partial charge on any atom is 0.255 e. The number of nitrogens with one attached hydrogen (secondary N) is 1. The second-order valence-electron chi connectivity index (χ2n) is 5.33. The molecular weight excluding hydrogens is 464 g/mol. The van der Waals surface area contributed by atoms with Crippen LogP contribution in [0.1, 0.15) is 16.8 Å². The van der Waals surface area contributed by atoms with Crippen LogP contribution in [0.25, 0.3) is 0 Å². The molecule has 24 heavy (non-hydrogen) atoms. The fraction of sp³-hybridized carbons (Fsp3) is 0.235. The summed E-state index contributed by atoms with van der Waals surface area (Å²) >= 11 is 9.74. The largest absolute Gasteiger partial charge is 0.380 e. The summed E-state index contributed by atoms with van der Waals surface area (Å²) in [7, 11) is 0. The molecule has 0 bridgehead atoms. The summed E-state index contributed by atoms with van der Waals surface area (Å²) in [6.45, 7) is 1.53. The van der Waals surface area contributed by atoms with Crippen molar-refractivity contribution >= 4 is 57.5 Å². The minimum absolute atomic E-state index is 0.0205. The maximum absolute atomic E-state index is 13.2. The van der Waals surface area contributed by atoms with Gasteiger partial charge in [-0.05, 0) is 65.4 Å². The quantitative estimate of drug-likeness (QED) is 0.614. The zero-order valence-electron chi connectivity index (χ0n) is 12.5. The zero-order chi connectivity index (χ0) is 17.1. The second kappa shape index (κ2) is 8.03. The highest BCUT2D eigenvalue weighted by Crippen LogP contribution is 2.33.